The highest BCUT2D eigenvalue weighted by molar-refractivity contribution is 6.30. The van der Waals surface area contributed by atoms with Gasteiger partial charge in [-0.15, -0.1) is 0 Å². The third kappa shape index (κ3) is 7.75. The first-order valence-corrected chi connectivity index (χ1v) is 28.4. The van der Waals surface area contributed by atoms with Crippen molar-refractivity contribution in [3.05, 3.63) is 188 Å². The molecule has 0 spiro atoms. The molecule has 12 aromatic rings. The topological polar surface area (TPSA) is 32.8 Å². The molecule has 0 saturated carbocycles. The van der Waals surface area contributed by atoms with Crippen LogP contribution in [0.4, 0.5) is 34.1 Å². The minimum Gasteiger partial charge on any atom is -0.454 e. The number of anilines is 6. The van der Waals surface area contributed by atoms with E-state index in [1.807, 2.05) is 0 Å². The lowest BCUT2D eigenvalue weighted by Gasteiger charge is -2.33. The predicted octanol–water partition coefficient (Wildman–Crippen LogP) is 22.6. The molecule has 0 radical (unpaired) electrons. The number of furan rings is 2. The number of rotatable bonds is 8. The minimum absolute atomic E-state index is 0.112. The van der Waals surface area contributed by atoms with E-state index in [0.29, 0.717) is 0 Å². The molecule has 4 nitrogen and oxygen atoms in total. The molecule has 12 rings (SSSR count). The van der Waals surface area contributed by atoms with Gasteiger partial charge in [0, 0.05) is 54.8 Å². The third-order valence-corrected chi connectivity index (χ3v) is 17.7. The lowest BCUT2D eigenvalue weighted by molar-refractivity contribution is 0.572. The van der Waals surface area contributed by atoms with Crippen LogP contribution in [0.25, 0.3) is 76.2 Å². The van der Waals surface area contributed by atoms with Gasteiger partial charge in [0.25, 0.3) is 0 Å². The third-order valence-electron chi connectivity index (χ3n) is 17.7. The molecule has 0 fully saturated rings. The average molecular weight is 1030 g/mol. The fraction of sp³-hybridized carbons (Fsp3) is 0.297. The van der Waals surface area contributed by atoms with Crippen LogP contribution < -0.4 is 9.80 Å². The summed E-state index contributed by atoms with van der Waals surface area (Å²) >= 11 is 0. The van der Waals surface area contributed by atoms with Crippen molar-refractivity contribution in [3.8, 4) is 0 Å². The summed E-state index contributed by atoms with van der Waals surface area (Å²) in [7, 11) is 0. The Kier molecular flexibility index (Phi) is 11.8. The summed E-state index contributed by atoms with van der Waals surface area (Å²) in [5.41, 5.74) is 25.2. The molecule has 0 unspecified atom stereocenters. The Bertz CT molecular complexity index is 4110. The van der Waals surface area contributed by atoms with E-state index < -0.39 is 0 Å². The zero-order valence-electron chi connectivity index (χ0n) is 49.4. The normalized spacial score (nSPS) is 12.7. The molecule has 0 aliphatic heterocycles. The number of fused-ring (bicyclic) bond motifs is 6. The maximum atomic E-state index is 7.35. The van der Waals surface area contributed by atoms with Crippen molar-refractivity contribution in [1.82, 2.24) is 0 Å². The van der Waals surface area contributed by atoms with Gasteiger partial charge in [0.05, 0.1) is 22.7 Å². The van der Waals surface area contributed by atoms with Gasteiger partial charge in [0.1, 0.15) is 11.2 Å². The van der Waals surface area contributed by atoms with E-state index in [0.717, 1.165) is 89.1 Å². The number of benzene rings is 10. The Hall–Kier alpha value is -7.56. The molecule has 0 N–H and O–H groups in total. The lowest BCUT2D eigenvalue weighted by Crippen LogP contribution is -2.15. The smallest absolute Gasteiger partial charge is 0.159 e. The summed E-state index contributed by atoms with van der Waals surface area (Å²) in [6.45, 7) is 41.2. The summed E-state index contributed by atoms with van der Waals surface area (Å²) in [6, 6.07) is 46.8. The van der Waals surface area contributed by atoms with Crippen LogP contribution in [0.2, 0.25) is 0 Å². The minimum atomic E-state index is -0.112. The number of hydrogen-bond acceptors (Lipinski definition) is 4. The van der Waals surface area contributed by atoms with Crippen molar-refractivity contribution in [1.29, 1.82) is 0 Å². The molecule has 0 saturated heterocycles. The second kappa shape index (κ2) is 18.0. The van der Waals surface area contributed by atoms with Crippen LogP contribution in [0.5, 0.6) is 0 Å². The van der Waals surface area contributed by atoms with Gasteiger partial charge in [-0.1, -0.05) is 154 Å². The second-order valence-corrected chi connectivity index (χ2v) is 25.7. The van der Waals surface area contributed by atoms with Crippen molar-refractivity contribution in [2.45, 2.75) is 147 Å². The molecule has 0 atom stereocenters. The van der Waals surface area contributed by atoms with Crippen LogP contribution in [0.1, 0.15) is 148 Å². The van der Waals surface area contributed by atoms with E-state index in [1.54, 1.807) is 0 Å². The summed E-state index contributed by atoms with van der Waals surface area (Å²) in [5, 5.41) is 12.1. The number of aryl methyl sites for hydroxylation is 6. The molecule has 0 aliphatic carbocycles. The van der Waals surface area contributed by atoms with E-state index in [4.69, 9.17) is 8.83 Å². The van der Waals surface area contributed by atoms with Crippen molar-refractivity contribution in [2.75, 3.05) is 9.80 Å². The van der Waals surface area contributed by atoms with Gasteiger partial charge in [0.2, 0.25) is 0 Å². The second-order valence-electron chi connectivity index (χ2n) is 25.7. The van der Waals surface area contributed by atoms with E-state index in [2.05, 4.69) is 256 Å². The standard InChI is InChI=1S/C74H76N2O2/c1-39(2)59-37-63(75(49-33-43(7)47(11)44(8)34-49)67-41(5)25-27-55-53-21-19-23-61(73(13,14)15)69(53)77-71(55)67)57-32-30-52-60(40(3)4)38-64(58-31-29-51(59)65(57)66(52)58)76(50-35-45(9)48(12)46(10)36-50)68-42(6)26-28-56-54-22-20-24-62(74(16,17)18)70(54)78-72(56)68/h19-40H,1-18H3. The van der Waals surface area contributed by atoms with Crippen molar-refractivity contribution in [3.63, 3.8) is 0 Å². The lowest BCUT2D eigenvalue weighted by atomic mass is 9.83. The number of para-hydroxylation sites is 2. The Labute approximate surface area is 462 Å². The van der Waals surface area contributed by atoms with Gasteiger partial charge in [-0.25, -0.2) is 0 Å². The SMILES string of the molecule is Cc1cc(N(c2cc(C(C)C)c3ccc4c(N(c5cc(C)c(C)c(C)c5)c5c(C)ccc6c5oc5c(C(C)(C)C)cccc56)cc(C(C)C)c5ccc2c3c54)c2c(C)ccc3c2oc2c(C(C)(C)C)cccc23)cc(C)c1C. The Balaban J connectivity index is 1.24. The van der Waals surface area contributed by atoms with Crippen LogP contribution in [0.3, 0.4) is 0 Å². The first kappa shape index (κ1) is 51.2. The van der Waals surface area contributed by atoms with E-state index >= 15 is 0 Å². The molecule has 2 heterocycles. The van der Waals surface area contributed by atoms with Crippen LogP contribution in [-0.2, 0) is 10.8 Å². The molecular formula is C74H76N2O2. The molecule has 0 bridgehead atoms. The van der Waals surface area contributed by atoms with E-state index in [9.17, 15) is 0 Å². The Morgan fingerprint density at radius 1 is 0.346 bits per heavy atom. The highest BCUT2D eigenvalue weighted by Crippen LogP contribution is 2.55. The highest BCUT2D eigenvalue weighted by Gasteiger charge is 2.32. The Morgan fingerprint density at radius 3 is 1.00 bits per heavy atom. The molecule has 394 valence electrons. The van der Waals surface area contributed by atoms with Gasteiger partial charge >= 0.3 is 0 Å². The van der Waals surface area contributed by atoms with Gasteiger partial charge in [-0.2, -0.15) is 0 Å². The molecule has 10 aromatic carbocycles. The van der Waals surface area contributed by atoms with Gasteiger partial charge in [-0.3, -0.25) is 0 Å². The number of nitrogens with zero attached hydrogens (tertiary/aromatic N) is 2. The first-order valence-electron chi connectivity index (χ1n) is 28.4. The van der Waals surface area contributed by atoms with Crippen LogP contribution >= 0.6 is 0 Å². The largest absolute Gasteiger partial charge is 0.454 e. The summed E-state index contributed by atoms with van der Waals surface area (Å²) in [4.78, 5) is 5.11. The molecule has 0 amide bonds. The molecular weight excluding hydrogens is 949 g/mol. The quantitative estimate of drug-likeness (QED) is 0.142. The van der Waals surface area contributed by atoms with E-state index in [-0.39, 0.29) is 22.7 Å². The molecule has 0 aliphatic rings. The average Bonchev–Trinajstić information content (AvgIpc) is 3.38. The maximum Gasteiger partial charge on any atom is 0.159 e. The van der Waals surface area contributed by atoms with E-state index in [1.165, 1.54) is 88.0 Å². The Morgan fingerprint density at radius 2 is 0.667 bits per heavy atom. The molecule has 2 aromatic heterocycles. The summed E-state index contributed by atoms with van der Waals surface area (Å²) in [6.07, 6.45) is 0. The van der Waals surface area contributed by atoms with Gasteiger partial charge in [0.15, 0.2) is 11.2 Å². The monoisotopic (exact) mass is 1020 g/mol. The molecule has 78 heavy (non-hydrogen) atoms. The fourth-order valence-electron chi connectivity index (χ4n) is 13.0. The summed E-state index contributed by atoms with van der Waals surface area (Å²) in [5.74, 6) is 0.443. The van der Waals surface area contributed by atoms with Gasteiger partial charge in [-0.05, 0) is 192 Å². The predicted molar refractivity (Wildman–Crippen MR) is 338 cm³/mol. The molecule has 4 heteroatoms. The van der Waals surface area contributed by atoms with Crippen LogP contribution in [-0.4, -0.2) is 0 Å². The first-order chi connectivity index (χ1) is 36.9. The highest BCUT2D eigenvalue weighted by atomic mass is 16.3. The summed E-state index contributed by atoms with van der Waals surface area (Å²) < 4.78 is 14.7. The zero-order chi connectivity index (χ0) is 55.3. The van der Waals surface area contributed by atoms with Crippen molar-refractivity contribution < 1.29 is 8.83 Å². The van der Waals surface area contributed by atoms with Crippen LogP contribution in [0, 0.1) is 55.4 Å². The van der Waals surface area contributed by atoms with Crippen molar-refractivity contribution in [2.24, 2.45) is 0 Å². The maximum absolute atomic E-state index is 7.35. The number of hydrogen-bond donors (Lipinski definition) is 0. The fourth-order valence-corrected chi connectivity index (χ4v) is 13.0. The van der Waals surface area contributed by atoms with Gasteiger partial charge < -0.3 is 18.6 Å². The zero-order valence-corrected chi connectivity index (χ0v) is 49.4. The van der Waals surface area contributed by atoms with Crippen LogP contribution in [0.15, 0.2) is 130 Å². The van der Waals surface area contributed by atoms with Crippen molar-refractivity contribution >= 4 is 110 Å².